The van der Waals surface area contributed by atoms with Crippen LogP contribution in [0.3, 0.4) is 0 Å². The molecule has 1 aliphatic carbocycles. The maximum atomic E-state index is 12.7. The van der Waals surface area contributed by atoms with E-state index in [9.17, 15) is 9.59 Å². The fraction of sp³-hybridized carbons (Fsp3) is 0.167. The van der Waals surface area contributed by atoms with Crippen molar-refractivity contribution in [1.82, 2.24) is 5.32 Å². The molecule has 3 N–H and O–H groups in total. The van der Waals surface area contributed by atoms with E-state index >= 15 is 0 Å². The summed E-state index contributed by atoms with van der Waals surface area (Å²) in [6, 6.07) is 20.4. The van der Waals surface area contributed by atoms with Gasteiger partial charge in [0, 0.05) is 34.0 Å². The van der Waals surface area contributed by atoms with Gasteiger partial charge in [-0.3, -0.25) is 9.59 Å². The second-order valence-corrected chi connectivity index (χ2v) is 7.27. The number of nitrogens with two attached hydrogens (primary N) is 1. The molecular weight excluding hydrogens is 348 g/mol. The standard InChI is InChI=1S/C24H22N2O2/c1-15-7-8-18(24(28)26-19-10-11-19)13-21(15)20-12-9-17(14-22(20)25)23(27)16-5-3-2-4-6-16/h2-9,12-14,19H,10-11,25H2,1H3,(H,26,28). The minimum atomic E-state index is -0.0619. The molecule has 28 heavy (non-hydrogen) atoms. The molecule has 0 radical (unpaired) electrons. The molecule has 0 saturated heterocycles. The minimum Gasteiger partial charge on any atom is -0.398 e. The van der Waals surface area contributed by atoms with Crippen molar-refractivity contribution in [3.63, 3.8) is 0 Å². The molecule has 1 aliphatic rings. The fourth-order valence-corrected chi connectivity index (χ4v) is 3.26. The lowest BCUT2D eigenvalue weighted by Crippen LogP contribution is -2.25. The third-order valence-corrected chi connectivity index (χ3v) is 5.05. The van der Waals surface area contributed by atoms with Crippen LogP contribution < -0.4 is 11.1 Å². The molecule has 0 atom stereocenters. The van der Waals surface area contributed by atoms with Crippen molar-refractivity contribution in [3.05, 3.63) is 89.0 Å². The molecule has 0 bridgehead atoms. The first-order chi connectivity index (χ1) is 13.5. The molecule has 1 amide bonds. The summed E-state index contributed by atoms with van der Waals surface area (Å²) in [6.45, 7) is 1.99. The Morgan fingerprint density at radius 3 is 2.25 bits per heavy atom. The van der Waals surface area contributed by atoms with Gasteiger partial charge in [-0.1, -0.05) is 48.5 Å². The molecule has 3 aromatic carbocycles. The number of carbonyl (C=O) groups is 2. The third kappa shape index (κ3) is 3.67. The van der Waals surface area contributed by atoms with E-state index in [1.807, 2.05) is 49.4 Å². The van der Waals surface area contributed by atoms with Gasteiger partial charge < -0.3 is 11.1 Å². The molecule has 0 heterocycles. The number of nitrogens with one attached hydrogen (secondary N) is 1. The van der Waals surface area contributed by atoms with E-state index in [4.69, 9.17) is 5.73 Å². The highest BCUT2D eigenvalue weighted by atomic mass is 16.1. The molecule has 0 aliphatic heterocycles. The maximum absolute atomic E-state index is 12.7. The Morgan fingerprint density at radius 2 is 1.57 bits per heavy atom. The number of ketones is 1. The van der Waals surface area contributed by atoms with Crippen LogP contribution in [0.1, 0.15) is 44.7 Å². The zero-order valence-corrected chi connectivity index (χ0v) is 15.7. The van der Waals surface area contributed by atoms with E-state index in [-0.39, 0.29) is 11.7 Å². The zero-order chi connectivity index (χ0) is 19.7. The number of amides is 1. The molecule has 4 rings (SSSR count). The molecular formula is C24H22N2O2. The van der Waals surface area contributed by atoms with E-state index < -0.39 is 0 Å². The summed E-state index contributed by atoms with van der Waals surface area (Å²) in [7, 11) is 0. The molecule has 4 heteroatoms. The number of hydrogen-bond acceptors (Lipinski definition) is 3. The second-order valence-electron chi connectivity index (χ2n) is 7.27. The Hall–Kier alpha value is -3.40. The average molecular weight is 370 g/mol. The molecule has 0 spiro atoms. The van der Waals surface area contributed by atoms with Gasteiger partial charge in [-0.25, -0.2) is 0 Å². The van der Waals surface area contributed by atoms with Gasteiger partial charge >= 0.3 is 0 Å². The SMILES string of the molecule is Cc1ccc(C(=O)NC2CC2)cc1-c1ccc(C(=O)c2ccccc2)cc1N. The fourth-order valence-electron chi connectivity index (χ4n) is 3.26. The molecule has 3 aromatic rings. The van der Waals surface area contributed by atoms with E-state index in [1.54, 1.807) is 24.3 Å². The highest BCUT2D eigenvalue weighted by molar-refractivity contribution is 6.10. The Labute approximate surface area is 164 Å². The Bertz CT molecular complexity index is 1050. The van der Waals surface area contributed by atoms with E-state index in [0.717, 1.165) is 29.5 Å². The van der Waals surface area contributed by atoms with E-state index in [0.29, 0.717) is 28.4 Å². The lowest BCUT2D eigenvalue weighted by Gasteiger charge is -2.13. The van der Waals surface area contributed by atoms with Crippen molar-refractivity contribution in [2.75, 3.05) is 5.73 Å². The maximum Gasteiger partial charge on any atom is 0.251 e. The summed E-state index contributed by atoms with van der Waals surface area (Å²) in [4.78, 5) is 25.0. The van der Waals surface area contributed by atoms with Gasteiger partial charge in [-0.2, -0.15) is 0 Å². The lowest BCUT2D eigenvalue weighted by molar-refractivity contribution is 0.0950. The van der Waals surface area contributed by atoms with Crippen molar-refractivity contribution in [1.29, 1.82) is 0 Å². The number of hydrogen-bond donors (Lipinski definition) is 2. The second kappa shape index (κ2) is 7.31. The minimum absolute atomic E-state index is 0.0572. The van der Waals surface area contributed by atoms with Crippen LogP contribution in [0.25, 0.3) is 11.1 Å². The number of nitrogen functional groups attached to an aromatic ring is 1. The predicted molar refractivity (Wildman–Crippen MR) is 111 cm³/mol. The summed E-state index contributed by atoms with van der Waals surface area (Å²) in [5, 5.41) is 3.01. The van der Waals surface area contributed by atoms with Gasteiger partial charge in [0.15, 0.2) is 5.78 Å². The van der Waals surface area contributed by atoms with E-state index in [1.165, 1.54) is 0 Å². The van der Waals surface area contributed by atoms with Crippen molar-refractivity contribution in [2.45, 2.75) is 25.8 Å². The van der Waals surface area contributed by atoms with Crippen LogP contribution >= 0.6 is 0 Å². The molecule has 1 saturated carbocycles. The zero-order valence-electron chi connectivity index (χ0n) is 15.7. The first kappa shape index (κ1) is 18.0. The van der Waals surface area contributed by atoms with Crippen LogP contribution in [0.5, 0.6) is 0 Å². The first-order valence-electron chi connectivity index (χ1n) is 9.44. The number of aryl methyl sites for hydroxylation is 1. The van der Waals surface area contributed by atoms with Crippen LogP contribution in [0, 0.1) is 6.92 Å². The number of anilines is 1. The third-order valence-electron chi connectivity index (χ3n) is 5.05. The molecule has 1 fully saturated rings. The summed E-state index contributed by atoms with van der Waals surface area (Å²) < 4.78 is 0. The largest absolute Gasteiger partial charge is 0.398 e. The monoisotopic (exact) mass is 370 g/mol. The highest BCUT2D eigenvalue weighted by Crippen LogP contribution is 2.31. The topological polar surface area (TPSA) is 72.2 Å². The lowest BCUT2D eigenvalue weighted by atomic mass is 9.94. The molecule has 4 nitrogen and oxygen atoms in total. The van der Waals surface area contributed by atoms with Gasteiger partial charge in [0.1, 0.15) is 0 Å². The Morgan fingerprint density at radius 1 is 0.857 bits per heavy atom. The van der Waals surface area contributed by atoms with Crippen LogP contribution in [0.4, 0.5) is 5.69 Å². The Kier molecular flexibility index (Phi) is 4.70. The van der Waals surface area contributed by atoms with Gasteiger partial charge in [-0.15, -0.1) is 0 Å². The molecule has 0 unspecified atom stereocenters. The number of rotatable bonds is 5. The number of benzene rings is 3. The van der Waals surface area contributed by atoms with E-state index in [2.05, 4.69) is 5.32 Å². The van der Waals surface area contributed by atoms with Crippen LogP contribution in [-0.2, 0) is 0 Å². The summed E-state index contributed by atoms with van der Waals surface area (Å²) >= 11 is 0. The quantitative estimate of drug-likeness (QED) is 0.517. The molecule has 140 valence electrons. The van der Waals surface area contributed by atoms with Crippen LogP contribution in [0.2, 0.25) is 0 Å². The first-order valence-corrected chi connectivity index (χ1v) is 9.44. The van der Waals surface area contributed by atoms with Gasteiger partial charge in [0.2, 0.25) is 0 Å². The van der Waals surface area contributed by atoms with Gasteiger partial charge in [0.25, 0.3) is 5.91 Å². The normalized spacial score (nSPS) is 13.2. The summed E-state index contributed by atoms with van der Waals surface area (Å²) in [5.74, 6) is -0.119. The van der Waals surface area contributed by atoms with Crippen LogP contribution in [-0.4, -0.2) is 17.7 Å². The highest BCUT2D eigenvalue weighted by Gasteiger charge is 2.24. The van der Waals surface area contributed by atoms with Gasteiger partial charge in [-0.05, 0) is 49.1 Å². The van der Waals surface area contributed by atoms with Crippen molar-refractivity contribution in [3.8, 4) is 11.1 Å². The smallest absolute Gasteiger partial charge is 0.251 e. The molecule has 0 aromatic heterocycles. The number of carbonyl (C=O) groups excluding carboxylic acids is 2. The summed E-state index contributed by atoms with van der Waals surface area (Å²) in [6.07, 6.45) is 2.10. The average Bonchev–Trinajstić information content (AvgIpc) is 3.52. The Balaban J connectivity index is 1.66. The van der Waals surface area contributed by atoms with Crippen molar-refractivity contribution in [2.24, 2.45) is 0 Å². The predicted octanol–water partition coefficient (Wildman–Crippen LogP) is 4.37. The van der Waals surface area contributed by atoms with Crippen molar-refractivity contribution >= 4 is 17.4 Å². The van der Waals surface area contributed by atoms with Crippen molar-refractivity contribution < 1.29 is 9.59 Å². The van der Waals surface area contributed by atoms with Crippen LogP contribution in [0.15, 0.2) is 66.7 Å². The summed E-state index contributed by atoms with van der Waals surface area (Å²) in [5.41, 5.74) is 11.4. The van der Waals surface area contributed by atoms with Gasteiger partial charge in [0.05, 0.1) is 0 Å².